The lowest BCUT2D eigenvalue weighted by atomic mass is 9.72. The fraction of sp³-hybridized carbons (Fsp3) is 0.474. The highest BCUT2D eigenvalue weighted by Crippen LogP contribution is 2.48. The second kappa shape index (κ2) is 12.5. The van der Waals surface area contributed by atoms with Crippen molar-refractivity contribution in [1.82, 2.24) is 30.0 Å². The van der Waals surface area contributed by atoms with Crippen molar-refractivity contribution in [3.05, 3.63) is 54.8 Å². The maximum absolute atomic E-state index is 14.0. The molecular weight excluding hydrogens is 657 g/mol. The number of ether oxygens (including phenoxy) is 1. The fourth-order valence-corrected chi connectivity index (χ4v) is 8.49. The quantitative estimate of drug-likeness (QED) is 0.217. The van der Waals surface area contributed by atoms with Crippen LogP contribution in [0.15, 0.2) is 43.6 Å². The maximum atomic E-state index is 14.0. The van der Waals surface area contributed by atoms with Crippen LogP contribution in [-0.4, -0.2) is 107 Å². The molecule has 268 valence electrons. The molecule has 6 heterocycles. The lowest BCUT2D eigenvalue weighted by Gasteiger charge is -2.54. The molecule has 0 unspecified atom stereocenters. The number of halogens is 3. The SMILES string of the molecule is C=CC(=O)N1CC2(CCN(c3nc(N4CC(N5CC[C@@H](C)C5)C4)nc4c(OCC(F)(F)F)c(-c5c(C)ccc6[nH]ncc56)c(C=C)cc34)CC2)C1. The van der Waals surface area contributed by atoms with Crippen molar-refractivity contribution in [2.75, 3.05) is 68.8 Å². The van der Waals surface area contributed by atoms with Crippen molar-refractivity contribution < 1.29 is 22.7 Å². The number of rotatable bonds is 8. The monoisotopic (exact) mass is 700 g/mol. The summed E-state index contributed by atoms with van der Waals surface area (Å²) in [7, 11) is 0. The summed E-state index contributed by atoms with van der Waals surface area (Å²) in [5.41, 5.74) is 3.82. The Morgan fingerprint density at radius 3 is 2.49 bits per heavy atom. The molecule has 8 rings (SSSR count). The van der Waals surface area contributed by atoms with Gasteiger partial charge in [0.1, 0.15) is 11.3 Å². The number of fused-ring (bicyclic) bond motifs is 2. The van der Waals surface area contributed by atoms with Crippen LogP contribution in [-0.2, 0) is 4.79 Å². The van der Waals surface area contributed by atoms with Crippen LogP contribution < -0.4 is 14.5 Å². The number of carbonyl (C=O) groups is 1. The number of H-pyrrole nitrogens is 1. The first-order valence-corrected chi connectivity index (χ1v) is 17.7. The summed E-state index contributed by atoms with van der Waals surface area (Å²) >= 11 is 0. The number of carbonyl (C=O) groups excluding carboxylic acids is 1. The Balaban J connectivity index is 1.26. The average Bonchev–Trinajstić information content (AvgIpc) is 3.73. The highest BCUT2D eigenvalue weighted by atomic mass is 19.4. The molecule has 1 amide bonds. The second-order valence-corrected chi connectivity index (χ2v) is 14.9. The predicted molar refractivity (Wildman–Crippen MR) is 193 cm³/mol. The Morgan fingerprint density at radius 1 is 1.06 bits per heavy atom. The Kier molecular flexibility index (Phi) is 8.23. The number of piperidine rings is 1. The highest BCUT2D eigenvalue weighted by Gasteiger charge is 2.47. The lowest BCUT2D eigenvalue weighted by Crippen LogP contribution is -2.61. The summed E-state index contributed by atoms with van der Waals surface area (Å²) in [5.74, 6) is 1.83. The third-order valence-corrected chi connectivity index (χ3v) is 11.4. The minimum atomic E-state index is -4.58. The van der Waals surface area contributed by atoms with E-state index < -0.39 is 12.8 Å². The minimum Gasteiger partial charge on any atom is -0.481 e. The van der Waals surface area contributed by atoms with Crippen LogP contribution in [0.3, 0.4) is 0 Å². The van der Waals surface area contributed by atoms with E-state index in [1.807, 2.05) is 30.0 Å². The van der Waals surface area contributed by atoms with Gasteiger partial charge in [-0.1, -0.05) is 32.2 Å². The summed E-state index contributed by atoms with van der Waals surface area (Å²) in [4.78, 5) is 31.1. The smallest absolute Gasteiger partial charge is 0.422 e. The van der Waals surface area contributed by atoms with Crippen molar-refractivity contribution in [2.24, 2.45) is 11.3 Å². The molecule has 1 atom stereocenters. The van der Waals surface area contributed by atoms with E-state index in [0.29, 0.717) is 77.5 Å². The number of hydrogen-bond acceptors (Lipinski definition) is 8. The topological polar surface area (TPSA) is 93.7 Å². The molecule has 0 bridgehead atoms. The molecule has 4 saturated heterocycles. The van der Waals surface area contributed by atoms with E-state index in [-0.39, 0.29) is 17.1 Å². The van der Waals surface area contributed by atoms with Gasteiger partial charge >= 0.3 is 6.18 Å². The van der Waals surface area contributed by atoms with Gasteiger partial charge in [0.15, 0.2) is 12.4 Å². The third kappa shape index (κ3) is 5.98. The first-order chi connectivity index (χ1) is 24.5. The van der Waals surface area contributed by atoms with Crippen molar-refractivity contribution in [3.8, 4) is 16.9 Å². The maximum Gasteiger partial charge on any atom is 0.422 e. The number of aromatic amines is 1. The molecule has 4 aliphatic rings. The zero-order valence-electron chi connectivity index (χ0n) is 29.1. The molecule has 0 aliphatic carbocycles. The lowest BCUT2D eigenvalue weighted by molar-refractivity contribution is -0.153. The Labute approximate surface area is 294 Å². The van der Waals surface area contributed by atoms with Crippen LogP contribution in [0.5, 0.6) is 5.75 Å². The van der Waals surface area contributed by atoms with Gasteiger partial charge in [-0.3, -0.25) is 14.8 Å². The highest BCUT2D eigenvalue weighted by molar-refractivity contribution is 6.07. The van der Waals surface area contributed by atoms with Crippen molar-refractivity contribution in [3.63, 3.8) is 0 Å². The van der Waals surface area contributed by atoms with Crippen LogP contribution in [0.2, 0.25) is 0 Å². The van der Waals surface area contributed by atoms with Gasteiger partial charge in [-0.2, -0.15) is 23.3 Å². The van der Waals surface area contributed by atoms with Crippen LogP contribution >= 0.6 is 0 Å². The zero-order valence-corrected chi connectivity index (χ0v) is 29.1. The predicted octanol–water partition coefficient (Wildman–Crippen LogP) is 6.21. The molecule has 0 radical (unpaired) electrons. The molecule has 0 saturated carbocycles. The van der Waals surface area contributed by atoms with Crippen molar-refractivity contribution in [2.45, 2.75) is 45.3 Å². The molecule has 2 aromatic heterocycles. The number of alkyl halides is 3. The summed E-state index contributed by atoms with van der Waals surface area (Å²) in [6.07, 6.45) is 3.03. The largest absolute Gasteiger partial charge is 0.481 e. The Hall–Kier alpha value is -4.65. The standard InChI is InChI=1S/C38H43F3N8O2/c1-5-25-15-27-33(34(51-22-38(39,40)41)32(25)31-24(4)7-8-29-28(31)16-42-45-29)43-36(48-18-26(19-48)47-12-9-23(3)17-47)44-35(27)46-13-10-37(11-14-46)20-49(21-37)30(50)6-2/h5-8,15-16,23,26H,1-2,9-14,17-22H2,3-4H3,(H,42,45)/t23-/m1/s1. The van der Waals surface area contributed by atoms with Crippen LogP contribution in [0.1, 0.15) is 37.3 Å². The van der Waals surface area contributed by atoms with Crippen molar-refractivity contribution >= 4 is 45.6 Å². The van der Waals surface area contributed by atoms with Gasteiger partial charge in [0.2, 0.25) is 11.9 Å². The number of likely N-dealkylation sites (tertiary alicyclic amines) is 2. The molecule has 51 heavy (non-hydrogen) atoms. The molecule has 4 aromatic rings. The molecule has 4 fully saturated rings. The van der Waals surface area contributed by atoms with Gasteiger partial charge in [-0.05, 0) is 73.5 Å². The first kappa shape index (κ1) is 33.5. The molecule has 1 N–H and O–H groups in total. The van der Waals surface area contributed by atoms with E-state index >= 15 is 0 Å². The average molecular weight is 701 g/mol. The third-order valence-electron chi connectivity index (χ3n) is 11.4. The summed E-state index contributed by atoms with van der Waals surface area (Å²) < 4.78 is 47.8. The summed E-state index contributed by atoms with van der Waals surface area (Å²) in [6.45, 7) is 16.8. The molecule has 10 nitrogen and oxygen atoms in total. The van der Waals surface area contributed by atoms with Crippen LogP contribution in [0.25, 0.3) is 39.0 Å². The van der Waals surface area contributed by atoms with E-state index in [1.165, 1.54) is 12.5 Å². The number of nitrogens with one attached hydrogen (secondary N) is 1. The number of amides is 1. The molecule has 13 heteroatoms. The molecular formula is C38H43F3N8O2. The van der Waals surface area contributed by atoms with Gasteiger partial charge in [0.25, 0.3) is 0 Å². The van der Waals surface area contributed by atoms with Gasteiger partial charge in [-0.15, -0.1) is 0 Å². The summed E-state index contributed by atoms with van der Waals surface area (Å²) in [6, 6.07) is 6.15. The number of nitrogens with zero attached hydrogens (tertiary/aromatic N) is 7. The number of benzene rings is 2. The first-order valence-electron chi connectivity index (χ1n) is 17.7. The van der Waals surface area contributed by atoms with Gasteiger partial charge in [0.05, 0.1) is 11.7 Å². The zero-order chi connectivity index (χ0) is 35.7. The molecule has 1 spiro atoms. The number of aromatic nitrogens is 4. The second-order valence-electron chi connectivity index (χ2n) is 14.9. The molecule has 4 aliphatic heterocycles. The van der Waals surface area contributed by atoms with E-state index in [1.54, 1.807) is 12.3 Å². The van der Waals surface area contributed by atoms with Gasteiger partial charge < -0.3 is 19.4 Å². The van der Waals surface area contributed by atoms with E-state index in [9.17, 15) is 18.0 Å². The minimum absolute atomic E-state index is 0.0413. The number of anilines is 2. The van der Waals surface area contributed by atoms with Gasteiger partial charge in [-0.25, -0.2) is 4.98 Å². The normalized spacial score (nSPS) is 21.0. The van der Waals surface area contributed by atoms with Crippen LogP contribution in [0, 0.1) is 18.3 Å². The summed E-state index contributed by atoms with van der Waals surface area (Å²) in [5, 5.41) is 8.61. The number of hydrogen-bond donors (Lipinski definition) is 1. The Bertz CT molecular complexity index is 2020. The van der Waals surface area contributed by atoms with Gasteiger partial charge in [0, 0.05) is 73.6 Å². The number of aryl methyl sites for hydroxylation is 1. The fourth-order valence-electron chi connectivity index (χ4n) is 8.49. The van der Waals surface area contributed by atoms with E-state index in [4.69, 9.17) is 14.7 Å². The van der Waals surface area contributed by atoms with E-state index in [0.717, 1.165) is 55.5 Å². The Morgan fingerprint density at radius 2 is 1.82 bits per heavy atom. The van der Waals surface area contributed by atoms with E-state index in [2.05, 4.69) is 45.0 Å². The molecule has 2 aromatic carbocycles. The van der Waals surface area contributed by atoms with Crippen molar-refractivity contribution in [1.29, 1.82) is 0 Å². The van der Waals surface area contributed by atoms with Crippen LogP contribution in [0.4, 0.5) is 24.9 Å².